The van der Waals surface area contributed by atoms with Crippen molar-refractivity contribution >= 4 is 23.1 Å². The first-order valence-electron chi connectivity index (χ1n) is 8.88. The van der Waals surface area contributed by atoms with Gasteiger partial charge in [0.25, 0.3) is 0 Å². The Bertz CT molecular complexity index is 949. The molecule has 1 aliphatic heterocycles. The van der Waals surface area contributed by atoms with Gasteiger partial charge < -0.3 is 15.0 Å². The number of hydrogen-bond donors (Lipinski definition) is 1. The van der Waals surface area contributed by atoms with E-state index in [1.165, 1.54) is 5.56 Å². The van der Waals surface area contributed by atoms with E-state index < -0.39 is 0 Å². The number of aromatic nitrogens is 1. The summed E-state index contributed by atoms with van der Waals surface area (Å²) in [6.45, 7) is 3.30. The predicted molar refractivity (Wildman–Crippen MR) is 108 cm³/mol. The number of benzene rings is 2. The lowest BCUT2D eigenvalue weighted by Crippen LogP contribution is -2.38. The SMILES string of the molecule is COc1ccc(-c2nc3c(s2)CN(C(=O)Nc2ccc(C)cc2)CC3)cc1. The summed E-state index contributed by atoms with van der Waals surface area (Å²) >= 11 is 1.66. The Morgan fingerprint density at radius 1 is 1.15 bits per heavy atom. The maximum Gasteiger partial charge on any atom is 0.322 e. The highest BCUT2D eigenvalue weighted by atomic mass is 32.1. The Labute approximate surface area is 162 Å². The Hall–Kier alpha value is -2.86. The molecule has 1 aliphatic rings. The number of amides is 2. The van der Waals surface area contributed by atoms with E-state index in [4.69, 9.17) is 9.72 Å². The number of carbonyl (C=O) groups is 1. The molecule has 0 fully saturated rings. The molecular weight excluding hydrogens is 358 g/mol. The number of fused-ring (bicyclic) bond motifs is 1. The predicted octanol–water partition coefficient (Wildman–Crippen LogP) is 4.72. The molecule has 4 rings (SSSR count). The number of nitrogens with zero attached hydrogens (tertiary/aromatic N) is 2. The van der Waals surface area contributed by atoms with Crippen LogP contribution in [0.5, 0.6) is 5.75 Å². The van der Waals surface area contributed by atoms with Gasteiger partial charge in [0, 0.05) is 29.1 Å². The number of carbonyl (C=O) groups excluding carboxylic acids is 1. The highest BCUT2D eigenvalue weighted by Gasteiger charge is 2.24. The van der Waals surface area contributed by atoms with Crippen LogP contribution in [-0.2, 0) is 13.0 Å². The zero-order valence-electron chi connectivity index (χ0n) is 15.4. The second-order valence-electron chi connectivity index (χ2n) is 6.59. The van der Waals surface area contributed by atoms with E-state index in [9.17, 15) is 4.79 Å². The second-order valence-corrected chi connectivity index (χ2v) is 7.67. The molecule has 2 heterocycles. The summed E-state index contributed by atoms with van der Waals surface area (Å²) in [5.74, 6) is 0.832. The van der Waals surface area contributed by atoms with Crippen LogP contribution in [0.2, 0.25) is 0 Å². The smallest absolute Gasteiger partial charge is 0.322 e. The first-order chi connectivity index (χ1) is 13.1. The first-order valence-corrected chi connectivity index (χ1v) is 9.69. The van der Waals surface area contributed by atoms with Gasteiger partial charge in [-0.05, 0) is 43.3 Å². The molecule has 1 N–H and O–H groups in total. The molecule has 3 aromatic rings. The van der Waals surface area contributed by atoms with Crippen molar-refractivity contribution in [3.63, 3.8) is 0 Å². The van der Waals surface area contributed by atoms with Gasteiger partial charge in [0.1, 0.15) is 10.8 Å². The summed E-state index contributed by atoms with van der Waals surface area (Å²) in [4.78, 5) is 20.4. The molecule has 5 nitrogen and oxygen atoms in total. The molecule has 0 spiro atoms. The minimum atomic E-state index is -0.0658. The number of thiazole rings is 1. The lowest BCUT2D eigenvalue weighted by molar-refractivity contribution is 0.207. The van der Waals surface area contributed by atoms with Crippen molar-refractivity contribution in [3.8, 4) is 16.3 Å². The van der Waals surface area contributed by atoms with Crippen molar-refractivity contribution in [2.24, 2.45) is 0 Å². The fourth-order valence-electron chi connectivity index (χ4n) is 3.07. The number of urea groups is 1. The summed E-state index contributed by atoms with van der Waals surface area (Å²) in [5.41, 5.74) is 4.17. The summed E-state index contributed by atoms with van der Waals surface area (Å²) < 4.78 is 5.21. The van der Waals surface area contributed by atoms with Crippen molar-refractivity contribution in [3.05, 3.63) is 64.7 Å². The fraction of sp³-hybridized carbons (Fsp3) is 0.238. The molecule has 0 saturated heterocycles. The van der Waals surface area contributed by atoms with Crippen LogP contribution in [0.1, 0.15) is 16.1 Å². The number of anilines is 1. The highest BCUT2D eigenvalue weighted by Crippen LogP contribution is 2.32. The van der Waals surface area contributed by atoms with Gasteiger partial charge >= 0.3 is 6.03 Å². The zero-order chi connectivity index (χ0) is 18.8. The van der Waals surface area contributed by atoms with Gasteiger partial charge in [0.15, 0.2) is 0 Å². The Balaban J connectivity index is 1.47. The van der Waals surface area contributed by atoms with Crippen molar-refractivity contribution in [2.75, 3.05) is 19.0 Å². The molecule has 0 aliphatic carbocycles. The number of aryl methyl sites for hydroxylation is 1. The van der Waals surface area contributed by atoms with Gasteiger partial charge in [-0.1, -0.05) is 17.7 Å². The van der Waals surface area contributed by atoms with Crippen molar-refractivity contribution in [1.82, 2.24) is 9.88 Å². The van der Waals surface area contributed by atoms with E-state index >= 15 is 0 Å². The molecule has 1 aromatic heterocycles. The number of nitrogens with one attached hydrogen (secondary N) is 1. The van der Waals surface area contributed by atoms with E-state index in [0.717, 1.165) is 39.0 Å². The van der Waals surface area contributed by atoms with Crippen molar-refractivity contribution in [2.45, 2.75) is 19.9 Å². The largest absolute Gasteiger partial charge is 0.497 e. The third-order valence-electron chi connectivity index (χ3n) is 4.66. The van der Waals surface area contributed by atoms with E-state index in [2.05, 4.69) is 5.32 Å². The molecule has 0 atom stereocenters. The number of methoxy groups -OCH3 is 1. The zero-order valence-corrected chi connectivity index (χ0v) is 16.2. The quantitative estimate of drug-likeness (QED) is 0.716. The van der Waals surface area contributed by atoms with E-state index in [1.807, 2.05) is 60.4 Å². The van der Waals surface area contributed by atoms with Crippen molar-refractivity contribution < 1.29 is 9.53 Å². The maximum absolute atomic E-state index is 12.6. The second kappa shape index (κ2) is 7.40. The lowest BCUT2D eigenvalue weighted by atomic mass is 10.2. The van der Waals surface area contributed by atoms with Crippen LogP contribution in [0.15, 0.2) is 48.5 Å². The van der Waals surface area contributed by atoms with Gasteiger partial charge in [-0.15, -0.1) is 11.3 Å². The first kappa shape index (κ1) is 17.5. The molecule has 27 heavy (non-hydrogen) atoms. The van der Waals surface area contributed by atoms with Crippen molar-refractivity contribution in [1.29, 1.82) is 0 Å². The molecule has 2 aromatic carbocycles. The summed E-state index contributed by atoms with van der Waals surface area (Å²) in [7, 11) is 1.66. The minimum Gasteiger partial charge on any atom is -0.497 e. The van der Waals surface area contributed by atoms with Crippen LogP contribution >= 0.6 is 11.3 Å². The average molecular weight is 379 g/mol. The molecule has 0 unspecified atom stereocenters. The normalized spacial score (nSPS) is 13.2. The van der Waals surface area contributed by atoms with Gasteiger partial charge in [-0.25, -0.2) is 9.78 Å². The maximum atomic E-state index is 12.6. The summed E-state index contributed by atoms with van der Waals surface area (Å²) in [5, 5.41) is 3.97. The van der Waals surface area contributed by atoms with Crippen LogP contribution in [0, 0.1) is 6.92 Å². The van der Waals surface area contributed by atoms with Gasteiger partial charge in [-0.2, -0.15) is 0 Å². The monoisotopic (exact) mass is 379 g/mol. The fourth-order valence-corrected chi connectivity index (χ4v) is 4.19. The Morgan fingerprint density at radius 2 is 1.89 bits per heavy atom. The third kappa shape index (κ3) is 3.80. The lowest BCUT2D eigenvalue weighted by Gasteiger charge is -2.26. The minimum absolute atomic E-state index is 0.0658. The Kier molecular flexibility index (Phi) is 4.81. The van der Waals surface area contributed by atoms with Crippen LogP contribution < -0.4 is 10.1 Å². The van der Waals surface area contributed by atoms with Gasteiger partial charge in [0.05, 0.1) is 19.3 Å². The number of rotatable bonds is 3. The highest BCUT2D eigenvalue weighted by molar-refractivity contribution is 7.15. The van der Waals surface area contributed by atoms with Crippen LogP contribution in [0.4, 0.5) is 10.5 Å². The van der Waals surface area contributed by atoms with Gasteiger partial charge in [0.2, 0.25) is 0 Å². The average Bonchev–Trinajstić information content (AvgIpc) is 3.13. The van der Waals surface area contributed by atoms with E-state index in [-0.39, 0.29) is 6.03 Å². The Morgan fingerprint density at radius 3 is 2.59 bits per heavy atom. The molecule has 138 valence electrons. The topological polar surface area (TPSA) is 54.5 Å². The molecule has 6 heteroatoms. The van der Waals surface area contributed by atoms with Crippen LogP contribution in [-0.4, -0.2) is 29.6 Å². The summed E-state index contributed by atoms with van der Waals surface area (Å²) in [6.07, 6.45) is 0.781. The standard InChI is InChI=1S/C21H21N3O2S/c1-14-3-7-16(8-4-14)22-21(25)24-12-11-18-19(13-24)27-20(23-18)15-5-9-17(26-2)10-6-15/h3-10H,11-13H2,1-2H3,(H,22,25). The molecule has 0 saturated carbocycles. The van der Waals surface area contributed by atoms with E-state index in [1.54, 1.807) is 18.4 Å². The molecule has 0 bridgehead atoms. The number of ether oxygens (including phenoxy) is 1. The number of hydrogen-bond acceptors (Lipinski definition) is 4. The van der Waals surface area contributed by atoms with Gasteiger partial charge in [-0.3, -0.25) is 0 Å². The van der Waals surface area contributed by atoms with Crippen LogP contribution in [0.3, 0.4) is 0 Å². The molecular formula is C21H21N3O2S. The third-order valence-corrected chi connectivity index (χ3v) is 5.79. The molecule has 2 amide bonds. The molecule has 0 radical (unpaired) electrons. The van der Waals surface area contributed by atoms with E-state index in [0.29, 0.717) is 13.1 Å². The van der Waals surface area contributed by atoms with Crippen LogP contribution in [0.25, 0.3) is 10.6 Å². The summed E-state index contributed by atoms with van der Waals surface area (Å²) in [6, 6.07) is 15.7.